The standard InChI is InChI=1S/C12H12BNO/c1-3-9-10-7-5-6-8-12(10)14(13-15)11(9)4-2/h3-8,13,15H,1-2H2. The van der Waals surface area contributed by atoms with Gasteiger partial charge < -0.3 is 9.50 Å². The number of rotatable bonds is 3. The third-order valence-electron chi connectivity index (χ3n) is 2.59. The largest absolute Gasteiger partial charge is 0.435 e. The number of aromatic nitrogens is 1. The third kappa shape index (κ3) is 1.32. The number of hydrogen-bond donors (Lipinski definition) is 1. The van der Waals surface area contributed by atoms with Crippen LogP contribution in [-0.4, -0.2) is 17.1 Å². The smallest absolute Gasteiger partial charge is 0.398 e. The van der Waals surface area contributed by atoms with Crippen LogP contribution in [0.4, 0.5) is 0 Å². The van der Waals surface area contributed by atoms with E-state index in [-0.39, 0.29) is 7.62 Å². The Morgan fingerprint density at radius 1 is 1.20 bits per heavy atom. The van der Waals surface area contributed by atoms with Crippen LogP contribution < -0.4 is 0 Å². The maximum atomic E-state index is 9.34. The topological polar surface area (TPSA) is 25.2 Å². The van der Waals surface area contributed by atoms with Gasteiger partial charge in [0.2, 0.25) is 0 Å². The zero-order valence-electron chi connectivity index (χ0n) is 8.48. The Morgan fingerprint density at radius 3 is 2.53 bits per heavy atom. The van der Waals surface area contributed by atoms with Crippen LogP contribution >= 0.6 is 0 Å². The monoisotopic (exact) mass is 197 g/mol. The Bertz CT molecular complexity index is 528. The number of benzene rings is 1. The third-order valence-corrected chi connectivity index (χ3v) is 2.59. The summed E-state index contributed by atoms with van der Waals surface area (Å²) < 4.78 is 1.82. The first-order valence-corrected chi connectivity index (χ1v) is 4.80. The van der Waals surface area contributed by atoms with Crippen LogP contribution in [0.2, 0.25) is 0 Å². The first-order chi connectivity index (χ1) is 7.33. The Labute approximate surface area is 89.5 Å². The van der Waals surface area contributed by atoms with Gasteiger partial charge in [0.1, 0.15) is 0 Å². The zero-order valence-corrected chi connectivity index (χ0v) is 8.48. The van der Waals surface area contributed by atoms with Crippen LogP contribution in [0.5, 0.6) is 0 Å². The molecule has 0 spiro atoms. The van der Waals surface area contributed by atoms with Crippen molar-refractivity contribution in [3.8, 4) is 0 Å². The van der Waals surface area contributed by atoms with Crippen molar-refractivity contribution in [3.05, 3.63) is 48.7 Å². The highest BCUT2D eigenvalue weighted by Crippen LogP contribution is 2.26. The highest BCUT2D eigenvalue weighted by Gasteiger charge is 2.11. The SMILES string of the molecule is C=Cc1c(C=C)n(BO)c2ccccc12. The van der Waals surface area contributed by atoms with Gasteiger partial charge in [-0.05, 0) is 12.1 Å². The van der Waals surface area contributed by atoms with Crippen LogP contribution in [0.1, 0.15) is 11.3 Å². The number of para-hydroxylation sites is 1. The van der Waals surface area contributed by atoms with Gasteiger partial charge in [0, 0.05) is 22.2 Å². The summed E-state index contributed by atoms with van der Waals surface area (Å²) in [7, 11) is -0.0459. The Morgan fingerprint density at radius 2 is 1.93 bits per heavy atom. The summed E-state index contributed by atoms with van der Waals surface area (Å²) in [4.78, 5) is 0. The van der Waals surface area contributed by atoms with Crippen molar-refractivity contribution < 1.29 is 5.02 Å². The van der Waals surface area contributed by atoms with E-state index < -0.39 is 0 Å². The molecule has 2 rings (SSSR count). The van der Waals surface area contributed by atoms with E-state index in [9.17, 15) is 5.02 Å². The second-order valence-corrected chi connectivity index (χ2v) is 3.29. The highest BCUT2D eigenvalue weighted by molar-refractivity contribution is 6.27. The average Bonchev–Trinajstić information content (AvgIpc) is 2.61. The fourth-order valence-corrected chi connectivity index (χ4v) is 1.94. The van der Waals surface area contributed by atoms with Crippen molar-refractivity contribution in [2.45, 2.75) is 0 Å². The van der Waals surface area contributed by atoms with Crippen LogP contribution in [-0.2, 0) is 0 Å². The van der Waals surface area contributed by atoms with E-state index in [1.54, 1.807) is 12.2 Å². The molecule has 0 radical (unpaired) electrons. The first-order valence-electron chi connectivity index (χ1n) is 4.80. The fraction of sp³-hybridized carbons (Fsp3) is 0. The molecule has 0 saturated heterocycles. The van der Waals surface area contributed by atoms with E-state index in [2.05, 4.69) is 13.2 Å². The molecule has 0 fully saturated rings. The lowest BCUT2D eigenvalue weighted by Crippen LogP contribution is -2.06. The summed E-state index contributed by atoms with van der Waals surface area (Å²) in [6, 6.07) is 7.93. The number of hydrogen-bond acceptors (Lipinski definition) is 1. The molecule has 0 amide bonds. The van der Waals surface area contributed by atoms with Crippen LogP contribution in [0.3, 0.4) is 0 Å². The molecule has 74 valence electrons. The molecule has 15 heavy (non-hydrogen) atoms. The molecule has 0 bridgehead atoms. The maximum absolute atomic E-state index is 9.34. The normalized spacial score (nSPS) is 10.2. The average molecular weight is 197 g/mol. The zero-order chi connectivity index (χ0) is 10.8. The lowest BCUT2D eigenvalue weighted by Gasteiger charge is -2.01. The molecule has 1 aromatic heterocycles. The molecule has 0 atom stereocenters. The van der Waals surface area contributed by atoms with E-state index in [1.807, 2.05) is 28.7 Å². The molecule has 3 heteroatoms. The molecular formula is C12H12BNO. The van der Waals surface area contributed by atoms with E-state index in [0.29, 0.717) is 0 Å². The van der Waals surface area contributed by atoms with Crippen molar-refractivity contribution in [2.75, 3.05) is 0 Å². The minimum atomic E-state index is -0.0459. The van der Waals surface area contributed by atoms with Crippen molar-refractivity contribution in [1.82, 2.24) is 4.48 Å². The van der Waals surface area contributed by atoms with Crippen molar-refractivity contribution in [1.29, 1.82) is 0 Å². The molecular weight excluding hydrogens is 185 g/mol. The molecule has 0 aliphatic carbocycles. The number of fused-ring (bicyclic) bond motifs is 1. The second kappa shape index (κ2) is 3.79. The van der Waals surface area contributed by atoms with Crippen LogP contribution in [0.25, 0.3) is 23.1 Å². The summed E-state index contributed by atoms with van der Waals surface area (Å²) in [5, 5.41) is 10.4. The Balaban J connectivity index is 2.94. The Kier molecular flexibility index (Phi) is 2.48. The van der Waals surface area contributed by atoms with Gasteiger partial charge >= 0.3 is 7.62 Å². The van der Waals surface area contributed by atoms with Gasteiger partial charge in [-0.3, -0.25) is 0 Å². The molecule has 1 aromatic carbocycles. The van der Waals surface area contributed by atoms with E-state index in [0.717, 1.165) is 22.2 Å². The van der Waals surface area contributed by atoms with E-state index in [4.69, 9.17) is 0 Å². The van der Waals surface area contributed by atoms with E-state index >= 15 is 0 Å². The molecule has 1 heterocycles. The summed E-state index contributed by atoms with van der Waals surface area (Å²) in [5.41, 5.74) is 2.94. The molecule has 2 nitrogen and oxygen atoms in total. The molecule has 0 unspecified atom stereocenters. The predicted molar refractivity (Wildman–Crippen MR) is 66.9 cm³/mol. The van der Waals surface area contributed by atoms with Crippen molar-refractivity contribution >= 4 is 30.7 Å². The van der Waals surface area contributed by atoms with Crippen molar-refractivity contribution in [3.63, 3.8) is 0 Å². The maximum Gasteiger partial charge on any atom is 0.398 e. The van der Waals surface area contributed by atoms with Gasteiger partial charge in [-0.15, -0.1) is 0 Å². The van der Waals surface area contributed by atoms with Gasteiger partial charge in [-0.2, -0.15) is 0 Å². The van der Waals surface area contributed by atoms with Gasteiger partial charge in [-0.1, -0.05) is 37.4 Å². The molecule has 2 aromatic rings. The Hall–Kier alpha value is -1.74. The molecule has 0 aliphatic rings. The highest BCUT2D eigenvalue weighted by atomic mass is 16.2. The van der Waals surface area contributed by atoms with Gasteiger partial charge in [0.05, 0.1) is 0 Å². The summed E-state index contributed by atoms with van der Waals surface area (Å²) in [5.74, 6) is 0. The van der Waals surface area contributed by atoms with Crippen LogP contribution in [0, 0.1) is 0 Å². The van der Waals surface area contributed by atoms with Gasteiger partial charge in [0.25, 0.3) is 0 Å². The minimum Gasteiger partial charge on any atom is -0.435 e. The quantitative estimate of drug-likeness (QED) is 0.748. The lowest BCUT2D eigenvalue weighted by atomic mass is 10.1. The molecule has 0 aliphatic heterocycles. The van der Waals surface area contributed by atoms with Crippen molar-refractivity contribution in [2.24, 2.45) is 0 Å². The fourth-order valence-electron chi connectivity index (χ4n) is 1.94. The minimum absolute atomic E-state index is 0.0459. The molecule has 0 saturated carbocycles. The predicted octanol–water partition coefficient (Wildman–Crippen LogP) is 2.03. The first kappa shape index (κ1) is 9.81. The second-order valence-electron chi connectivity index (χ2n) is 3.29. The molecule has 1 N–H and O–H groups in total. The van der Waals surface area contributed by atoms with Crippen LogP contribution in [0.15, 0.2) is 37.4 Å². The summed E-state index contributed by atoms with van der Waals surface area (Å²) >= 11 is 0. The lowest BCUT2D eigenvalue weighted by molar-refractivity contribution is 0.591. The summed E-state index contributed by atoms with van der Waals surface area (Å²) in [6.07, 6.45) is 3.54. The van der Waals surface area contributed by atoms with Gasteiger partial charge in [0.15, 0.2) is 0 Å². The number of nitrogens with zero attached hydrogens (tertiary/aromatic N) is 1. The van der Waals surface area contributed by atoms with Gasteiger partial charge in [-0.25, -0.2) is 0 Å². The summed E-state index contributed by atoms with van der Waals surface area (Å²) in [6.45, 7) is 7.56. The van der Waals surface area contributed by atoms with E-state index in [1.165, 1.54) is 0 Å².